The molecule has 1 aliphatic rings. The molecule has 0 aromatic rings. The van der Waals surface area contributed by atoms with Gasteiger partial charge in [-0.1, -0.05) is 0 Å². The van der Waals surface area contributed by atoms with Crippen LogP contribution >= 0.6 is 0 Å². The Hall–Kier alpha value is -1.05. The molecule has 1 rings (SSSR count). The predicted octanol–water partition coefficient (Wildman–Crippen LogP) is 1.60. The van der Waals surface area contributed by atoms with Crippen molar-refractivity contribution < 1.29 is 0 Å². The second-order valence-electron chi connectivity index (χ2n) is 1.85. The molecule has 0 bridgehead atoms. The Morgan fingerprint density at radius 2 is 2.00 bits per heavy atom. The van der Waals surface area contributed by atoms with Crippen LogP contribution in [0.1, 0.15) is 13.8 Å². The minimum atomic E-state index is 0.831. The first-order valence-corrected chi connectivity index (χ1v) is 2.91. The second kappa shape index (κ2) is 2.49. The Bertz CT molecular complexity index is 173. The van der Waals surface area contributed by atoms with E-state index in [1.165, 1.54) is 0 Å². The maximum Gasteiger partial charge on any atom is 0.294 e. The summed E-state index contributed by atoms with van der Waals surface area (Å²) in [5.41, 5.74) is 1.13. The summed E-state index contributed by atoms with van der Waals surface area (Å²) in [5.74, 6) is 0.831. The highest BCUT2D eigenvalue weighted by atomic mass is 15.0. The first-order chi connectivity index (χ1) is 4.34. The zero-order valence-corrected chi connectivity index (χ0v) is 5.63. The smallest absolute Gasteiger partial charge is 0.138 e. The van der Waals surface area contributed by atoms with Gasteiger partial charge in [-0.05, 0) is 0 Å². The molecule has 0 aliphatic carbocycles. The Morgan fingerprint density at radius 3 is 2.44 bits per heavy atom. The molecular formula is C7H9N2+. The van der Waals surface area contributed by atoms with Crippen LogP contribution < -0.4 is 0 Å². The minimum Gasteiger partial charge on any atom is -0.138 e. The van der Waals surface area contributed by atoms with E-state index in [4.69, 9.17) is 0 Å². The molecule has 0 aromatic heterocycles. The fourth-order valence-electron chi connectivity index (χ4n) is 0.574. The van der Waals surface area contributed by atoms with Gasteiger partial charge in [-0.15, -0.1) is 9.98 Å². The molecule has 46 valence electrons. The van der Waals surface area contributed by atoms with Crippen molar-refractivity contribution in [2.45, 2.75) is 13.8 Å². The topological polar surface area (TPSA) is 24.7 Å². The molecule has 0 fully saturated rings. The molecule has 0 spiro atoms. The molecule has 1 aliphatic heterocycles. The second-order valence-corrected chi connectivity index (χ2v) is 1.85. The number of hydrogen-bond donors (Lipinski definition) is 0. The molecule has 2 heteroatoms. The maximum atomic E-state index is 4.01. The van der Waals surface area contributed by atoms with Crippen LogP contribution in [0.5, 0.6) is 0 Å². The SMILES string of the molecule is C[CH+]C(C)=C1N=CC=N1. The number of aliphatic imine (C=N–C) groups is 2. The third kappa shape index (κ3) is 1.19. The Kier molecular flexibility index (Phi) is 1.68. The van der Waals surface area contributed by atoms with Crippen molar-refractivity contribution >= 4 is 12.4 Å². The summed E-state index contributed by atoms with van der Waals surface area (Å²) in [4.78, 5) is 8.02. The van der Waals surface area contributed by atoms with Gasteiger partial charge in [0.15, 0.2) is 5.57 Å². The van der Waals surface area contributed by atoms with Gasteiger partial charge in [0.2, 0.25) is 0 Å². The molecule has 0 unspecified atom stereocenters. The van der Waals surface area contributed by atoms with Gasteiger partial charge in [0.1, 0.15) is 0 Å². The highest BCUT2D eigenvalue weighted by Gasteiger charge is 2.08. The van der Waals surface area contributed by atoms with Gasteiger partial charge in [-0.3, -0.25) is 0 Å². The van der Waals surface area contributed by atoms with Crippen molar-refractivity contribution in [3.8, 4) is 0 Å². The molecule has 0 amide bonds. The summed E-state index contributed by atoms with van der Waals surface area (Å²) in [6.07, 6.45) is 5.39. The normalized spacial score (nSPS) is 14.7. The Labute approximate surface area is 55.0 Å². The molecule has 2 nitrogen and oxygen atoms in total. The molecule has 0 N–H and O–H groups in total. The van der Waals surface area contributed by atoms with Crippen LogP contribution in [0.2, 0.25) is 0 Å². The van der Waals surface area contributed by atoms with Crippen molar-refractivity contribution in [1.29, 1.82) is 0 Å². The van der Waals surface area contributed by atoms with Crippen molar-refractivity contribution in [2.75, 3.05) is 0 Å². The van der Waals surface area contributed by atoms with Gasteiger partial charge in [-0.2, -0.15) is 0 Å². The summed E-state index contributed by atoms with van der Waals surface area (Å²) < 4.78 is 0. The van der Waals surface area contributed by atoms with Gasteiger partial charge >= 0.3 is 0 Å². The number of nitrogens with zero attached hydrogens (tertiary/aromatic N) is 2. The maximum absolute atomic E-state index is 4.01. The van der Waals surface area contributed by atoms with E-state index in [1.54, 1.807) is 12.4 Å². The summed E-state index contributed by atoms with van der Waals surface area (Å²) in [7, 11) is 0. The Morgan fingerprint density at radius 1 is 1.44 bits per heavy atom. The highest BCUT2D eigenvalue weighted by Crippen LogP contribution is 2.10. The summed E-state index contributed by atoms with van der Waals surface area (Å²) in [6.45, 7) is 3.97. The Balaban J connectivity index is 2.81. The first kappa shape index (κ1) is 6.08. The molecule has 9 heavy (non-hydrogen) atoms. The predicted molar refractivity (Wildman–Crippen MR) is 39.7 cm³/mol. The van der Waals surface area contributed by atoms with Crippen LogP contribution in [-0.2, 0) is 0 Å². The van der Waals surface area contributed by atoms with E-state index in [0.717, 1.165) is 11.4 Å². The molecule has 0 saturated heterocycles. The quantitative estimate of drug-likeness (QED) is 0.471. The third-order valence-electron chi connectivity index (χ3n) is 1.25. The third-order valence-corrected chi connectivity index (χ3v) is 1.25. The van der Waals surface area contributed by atoms with Crippen LogP contribution in [-0.4, -0.2) is 12.4 Å². The lowest BCUT2D eigenvalue weighted by atomic mass is 10.2. The molecule has 0 aromatic carbocycles. The lowest BCUT2D eigenvalue weighted by Crippen LogP contribution is -1.77. The van der Waals surface area contributed by atoms with E-state index in [2.05, 4.69) is 9.98 Å². The average Bonchev–Trinajstić information content (AvgIpc) is 2.37. The largest absolute Gasteiger partial charge is 0.294 e. The molecule has 0 radical (unpaired) electrons. The van der Waals surface area contributed by atoms with Crippen LogP contribution in [0.3, 0.4) is 0 Å². The van der Waals surface area contributed by atoms with Crippen molar-refractivity contribution in [3.05, 3.63) is 17.8 Å². The molecule has 0 saturated carbocycles. The molecule has 0 atom stereocenters. The van der Waals surface area contributed by atoms with Crippen LogP contribution in [0.25, 0.3) is 0 Å². The fourth-order valence-corrected chi connectivity index (χ4v) is 0.574. The number of hydrogen-bond acceptors (Lipinski definition) is 2. The van der Waals surface area contributed by atoms with Crippen LogP contribution in [0.15, 0.2) is 21.4 Å². The average molecular weight is 121 g/mol. The molecular weight excluding hydrogens is 112 g/mol. The van der Waals surface area contributed by atoms with E-state index in [0.29, 0.717) is 0 Å². The zero-order valence-electron chi connectivity index (χ0n) is 5.63. The van der Waals surface area contributed by atoms with Gasteiger partial charge in [-0.25, -0.2) is 0 Å². The van der Waals surface area contributed by atoms with E-state index >= 15 is 0 Å². The lowest BCUT2D eigenvalue weighted by molar-refractivity contribution is 1.17. The lowest BCUT2D eigenvalue weighted by Gasteiger charge is -1.81. The van der Waals surface area contributed by atoms with Crippen molar-refractivity contribution in [3.63, 3.8) is 0 Å². The van der Waals surface area contributed by atoms with Gasteiger partial charge in [0.25, 0.3) is 5.82 Å². The van der Waals surface area contributed by atoms with E-state index in [9.17, 15) is 0 Å². The summed E-state index contributed by atoms with van der Waals surface area (Å²) in [6, 6.07) is 0. The van der Waals surface area contributed by atoms with Gasteiger partial charge < -0.3 is 0 Å². The van der Waals surface area contributed by atoms with Gasteiger partial charge in [0.05, 0.1) is 12.4 Å². The van der Waals surface area contributed by atoms with Crippen LogP contribution in [0, 0.1) is 6.42 Å². The molecule has 1 heterocycles. The number of allylic oxidation sites excluding steroid dienone is 1. The number of rotatable bonds is 1. The van der Waals surface area contributed by atoms with Gasteiger partial charge in [0, 0.05) is 20.3 Å². The zero-order chi connectivity index (χ0) is 6.69. The van der Waals surface area contributed by atoms with Crippen molar-refractivity contribution in [2.24, 2.45) is 9.98 Å². The fraction of sp³-hybridized carbons (Fsp3) is 0.286. The standard InChI is InChI=1S/C7H9N2/c1-3-6(2)7-8-4-5-9-7/h3-5H,1-2H3/q+1. The minimum absolute atomic E-state index is 0.831. The van der Waals surface area contributed by atoms with E-state index < -0.39 is 0 Å². The monoisotopic (exact) mass is 121 g/mol. The highest BCUT2D eigenvalue weighted by molar-refractivity contribution is 6.18. The van der Waals surface area contributed by atoms with Crippen molar-refractivity contribution in [1.82, 2.24) is 0 Å². The summed E-state index contributed by atoms with van der Waals surface area (Å²) in [5, 5.41) is 0. The first-order valence-electron chi connectivity index (χ1n) is 2.91. The van der Waals surface area contributed by atoms with Crippen LogP contribution in [0.4, 0.5) is 0 Å². The van der Waals surface area contributed by atoms with E-state index in [-0.39, 0.29) is 0 Å². The van der Waals surface area contributed by atoms with E-state index in [1.807, 2.05) is 20.3 Å². The summed E-state index contributed by atoms with van der Waals surface area (Å²) >= 11 is 0.